The van der Waals surface area contributed by atoms with Gasteiger partial charge in [-0.1, -0.05) is 13.0 Å². The number of carboxylic acids is 1. The number of amides is 3. The molecule has 2 aromatic rings. The third-order valence-corrected chi connectivity index (χ3v) is 4.87. The van der Waals surface area contributed by atoms with Crippen molar-refractivity contribution >= 4 is 39.9 Å². The minimum absolute atomic E-state index is 0.0132. The second kappa shape index (κ2) is 8.68. The average molecular weight is 389 g/mol. The van der Waals surface area contributed by atoms with Crippen molar-refractivity contribution in [2.24, 2.45) is 0 Å². The Balaban J connectivity index is 2.21. The number of anilines is 2. The Morgan fingerprint density at radius 2 is 1.89 bits per heavy atom. The van der Waals surface area contributed by atoms with Crippen LogP contribution in [-0.4, -0.2) is 29.1 Å². The van der Waals surface area contributed by atoms with Crippen molar-refractivity contribution in [3.05, 3.63) is 45.8 Å². The molecule has 144 valence electrons. The first-order valence-corrected chi connectivity index (χ1v) is 9.39. The number of carbonyl (C=O) groups excluding carboxylic acids is 2. The number of aryl methyl sites for hydroxylation is 1. The molecule has 8 heteroatoms. The van der Waals surface area contributed by atoms with Gasteiger partial charge >= 0.3 is 12.0 Å². The SMILES string of the molecule is CCc1c(C)sc(NC(=O)c2cccc(NC(=O)NC(C)C)c2)c1C(=O)O. The Kier molecular flexibility index (Phi) is 6.57. The minimum atomic E-state index is -1.06. The lowest BCUT2D eigenvalue weighted by Gasteiger charge is -2.11. The number of nitrogens with one attached hydrogen (secondary N) is 3. The van der Waals surface area contributed by atoms with E-state index in [-0.39, 0.29) is 17.6 Å². The minimum Gasteiger partial charge on any atom is -0.478 e. The molecular formula is C19H23N3O4S. The average Bonchev–Trinajstić information content (AvgIpc) is 2.89. The van der Waals surface area contributed by atoms with E-state index in [9.17, 15) is 19.5 Å². The summed E-state index contributed by atoms with van der Waals surface area (Å²) >= 11 is 1.25. The molecule has 0 spiro atoms. The van der Waals surface area contributed by atoms with Gasteiger partial charge in [-0.15, -0.1) is 11.3 Å². The molecule has 7 nitrogen and oxygen atoms in total. The summed E-state index contributed by atoms with van der Waals surface area (Å²) in [6.45, 7) is 7.40. The summed E-state index contributed by atoms with van der Waals surface area (Å²) in [7, 11) is 0. The van der Waals surface area contributed by atoms with Gasteiger partial charge in [0.1, 0.15) is 5.00 Å². The second-order valence-electron chi connectivity index (χ2n) is 6.29. The molecule has 0 atom stereocenters. The molecule has 0 saturated carbocycles. The van der Waals surface area contributed by atoms with Gasteiger partial charge in [0.05, 0.1) is 5.56 Å². The highest BCUT2D eigenvalue weighted by atomic mass is 32.1. The van der Waals surface area contributed by atoms with Gasteiger partial charge in [-0.05, 0) is 51.0 Å². The first-order valence-electron chi connectivity index (χ1n) is 8.57. The zero-order valence-electron chi connectivity index (χ0n) is 15.7. The van der Waals surface area contributed by atoms with Crippen LogP contribution < -0.4 is 16.0 Å². The van der Waals surface area contributed by atoms with Crippen molar-refractivity contribution in [3.63, 3.8) is 0 Å². The van der Waals surface area contributed by atoms with E-state index >= 15 is 0 Å². The number of aromatic carboxylic acids is 1. The summed E-state index contributed by atoms with van der Waals surface area (Å²) < 4.78 is 0. The van der Waals surface area contributed by atoms with Crippen molar-refractivity contribution in [2.75, 3.05) is 10.6 Å². The number of hydrogen-bond donors (Lipinski definition) is 4. The van der Waals surface area contributed by atoms with Crippen LogP contribution in [0.4, 0.5) is 15.5 Å². The zero-order valence-corrected chi connectivity index (χ0v) is 16.5. The highest BCUT2D eigenvalue weighted by Gasteiger charge is 2.22. The highest BCUT2D eigenvalue weighted by Crippen LogP contribution is 2.33. The molecular weight excluding hydrogens is 366 g/mol. The van der Waals surface area contributed by atoms with Crippen LogP contribution in [0, 0.1) is 6.92 Å². The molecule has 1 aromatic carbocycles. The zero-order chi connectivity index (χ0) is 20.1. The maximum Gasteiger partial charge on any atom is 0.339 e. The van der Waals surface area contributed by atoms with Crippen molar-refractivity contribution in [3.8, 4) is 0 Å². The van der Waals surface area contributed by atoms with Crippen LogP contribution in [0.1, 0.15) is 51.9 Å². The monoisotopic (exact) mass is 389 g/mol. The van der Waals surface area contributed by atoms with E-state index in [0.717, 1.165) is 10.4 Å². The molecule has 0 aliphatic heterocycles. The fourth-order valence-electron chi connectivity index (χ4n) is 2.66. The van der Waals surface area contributed by atoms with Crippen molar-refractivity contribution < 1.29 is 19.5 Å². The predicted molar refractivity (Wildman–Crippen MR) is 107 cm³/mol. The molecule has 0 aliphatic rings. The molecule has 2 rings (SSSR count). The molecule has 0 radical (unpaired) electrons. The van der Waals surface area contributed by atoms with Crippen LogP contribution in [0.5, 0.6) is 0 Å². The lowest BCUT2D eigenvalue weighted by molar-refractivity contribution is 0.0697. The maximum absolute atomic E-state index is 12.6. The normalized spacial score (nSPS) is 10.6. The van der Waals surface area contributed by atoms with Gasteiger partial charge in [-0.2, -0.15) is 0 Å². The van der Waals surface area contributed by atoms with E-state index in [0.29, 0.717) is 22.7 Å². The molecule has 27 heavy (non-hydrogen) atoms. The number of hydrogen-bond acceptors (Lipinski definition) is 4. The molecule has 3 amide bonds. The number of benzene rings is 1. The third-order valence-electron chi connectivity index (χ3n) is 3.81. The molecule has 4 N–H and O–H groups in total. The van der Waals surface area contributed by atoms with Crippen LogP contribution in [-0.2, 0) is 6.42 Å². The molecule has 1 heterocycles. The Labute approximate surface area is 161 Å². The number of urea groups is 1. The van der Waals surface area contributed by atoms with Gasteiger partial charge in [0.15, 0.2) is 0 Å². The quantitative estimate of drug-likeness (QED) is 0.596. The Morgan fingerprint density at radius 1 is 1.19 bits per heavy atom. The van der Waals surface area contributed by atoms with Gasteiger partial charge in [-0.25, -0.2) is 9.59 Å². The van der Waals surface area contributed by atoms with Gasteiger partial charge in [0, 0.05) is 22.2 Å². The van der Waals surface area contributed by atoms with Crippen LogP contribution in [0.25, 0.3) is 0 Å². The molecule has 0 saturated heterocycles. The largest absolute Gasteiger partial charge is 0.478 e. The molecule has 0 bridgehead atoms. The summed E-state index contributed by atoms with van der Waals surface area (Å²) in [4.78, 5) is 36.9. The molecule has 1 aromatic heterocycles. The smallest absolute Gasteiger partial charge is 0.339 e. The van der Waals surface area contributed by atoms with E-state index in [1.807, 2.05) is 27.7 Å². The number of carboxylic acid groups (broad SMARTS) is 1. The molecule has 0 fully saturated rings. The van der Waals surface area contributed by atoms with Crippen LogP contribution in [0.15, 0.2) is 24.3 Å². The van der Waals surface area contributed by atoms with Gasteiger partial charge in [0.25, 0.3) is 5.91 Å². The first-order chi connectivity index (χ1) is 12.7. The Morgan fingerprint density at radius 3 is 2.48 bits per heavy atom. The summed E-state index contributed by atoms with van der Waals surface area (Å²) in [5.74, 6) is -1.50. The lowest BCUT2D eigenvalue weighted by atomic mass is 10.1. The van der Waals surface area contributed by atoms with Crippen LogP contribution in [0.3, 0.4) is 0 Å². The van der Waals surface area contributed by atoms with Gasteiger partial charge in [0.2, 0.25) is 0 Å². The van der Waals surface area contributed by atoms with Gasteiger partial charge < -0.3 is 21.1 Å². The highest BCUT2D eigenvalue weighted by molar-refractivity contribution is 7.16. The summed E-state index contributed by atoms with van der Waals surface area (Å²) in [6, 6.07) is 6.08. The van der Waals surface area contributed by atoms with E-state index in [2.05, 4.69) is 16.0 Å². The standard InChI is InChI=1S/C19H23N3O4S/c1-5-14-11(4)27-17(15(14)18(24)25)22-16(23)12-7-6-8-13(9-12)21-19(26)20-10(2)3/h6-10H,5H2,1-4H3,(H,22,23)(H,24,25)(H2,20,21,26). The van der Waals surface area contributed by atoms with E-state index in [1.165, 1.54) is 17.4 Å². The van der Waals surface area contributed by atoms with Crippen LogP contribution in [0.2, 0.25) is 0 Å². The number of thiophene rings is 1. The van der Waals surface area contributed by atoms with E-state index in [4.69, 9.17) is 0 Å². The number of carbonyl (C=O) groups is 3. The fraction of sp³-hybridized carbons (Fsp3) is 0.316. The summed E-state index contributed by atoms with van der Waals surface area (Å²) in [5, 5.41) is 17.9. The lowest BCUT2D eigenvalue weighted by Crippen LogP contribution is -2.34. The summed E-state index contributed by atoms with van der Waals surface area (Å²) in [6.07, 6.45) is 0.574. The summed E-state index contributed by atoms with van der Waals surface area (Å²) in [5.41, 5.74) is 1.65. The Hall–Kier alpha value is -2.87. The van der Waals surface area contributed by atoms with Crippen molar-refractivity contribution in [1.29, 1.82) is 0 Å². The third kappa shape index (κ3) is 5.07. The van der Waals surface area contributed by atoms with Crippen LogP contribution >= 0.6 is 11.3 Å². The second-order valence-corrected chi connectivity index (χ2v) is 7.51. The topological polar surface area (TPSA) is 108 Å². The van der Waals surface area contributed by atoms with E-state index < -0.39 is 11.9 Å². The first kappa shape index (κ1) is 20.4. The molecule has 0 aliphatic carbocycles. The molecule has 0 unspecified atom stereocenters. The van der Waals surface area contributed by atoms with Crippen molar-refractivity contribution in [2.45, 2.75) is 40.2 Å². The fourth-order valence-corrected chi connectivity index (χ4v) is 3.79. The maximum atomic E-state index is 12.6. The number of rotatable bonds is 6. The van der Waals surface area contributed by atoms with Crippen molar-refractivity contribution in [1.82, 2.24) is 5.32 Å². The van der Waals surface area contributed by atoms with Gasteiger partial charge in [-0.3, -0.25) is 4.79 Å². The van der Waals surface area contributed by atoms with E-state index in [1.54, 1.807) is 18.2 Å². The Bertz CT molecular complexity index is 874. The predicted octanol–water partition coefficient (Wildman–Crippen LogP) is 4.10.